The Bertz CT molecular complexity index is 588. The highest BCUT2D eigenvalue weighted by Crippen LogP contribution is 2.16. The molecule has 0 spiro atoms. The molecule has 0 saturated heterocycles. The molecule has 6 nitrogen and oxygen atoms in total. The second-order valence-electron chi connectivity index (χ2n) is 3.65. The third-order valence-corrected chi connectivity index (χ3v) is 3.47. The molecule has 0 aliphatic carbocycles. The molecule has 0 aliphatic rings. The van der Waals surface area contributed by atoms with Crippen molar-refractivity contribution in [3.8, 4) is 0 Å². The van der Waals surface area contributed by atoms with E-state index in [2.05, 4.69) is 16.9 Å². The number of aryl methyl sites for hydroxylation is 1. The molecular weight excluding hydrogens is 238 g/mol. The van der Waals surface area contributed by atoms with Gasteiger partial charge >= 0.3 is 5.69 Å². The molecule has 0 aliphatic heterocycles. The number of rotatable bonds is 4. The van der Waals surface area contributed by atoms with Crippen molar-refractivity contribution in [2.45, 2.75) is 13.5 Å². The summed E-state index contributed by atoms with van der Waals surface area (Å²) in [6.45, 7) is 2.94. The SMILES string of the molecule is CCSCCn1cnc2nc(=O)n(C)c(N)c21. The van der Waals surface area contributed by atoms with Crippen molar-refractivity contribution in [3.63, 3.8) is 0 Å². The number of anilines is 1. The lowest BCUT2D eigenvalue weighted by Crippen LogP contribution is -2.23. The number of nitrogen functional groups attached to an aromatic ring is 1. The molecule has 0 saturated carbocycles. The van der Waals surface area contributed by atoms with E-state index in [9.17, 15) is 4.79 Å². The minimum Gasteiger partial charge on any atom is -0.383 e. The summed E-state index contributed by atoms with van der Waals surface area (Å²) in [4.78, 5) is 19.4. The van der Waals surface area contributed by atoms with E-state index in [0.717, 1.165) is 23.6 Å². The summed E-state index contributed by atoms with van der Waals surface area (Å²) in [6, 6.07) is 0. The van der Waals surface area contributed by atoms with E-state index in [4.69, 9.17) is 5.73 Å². The van der Waals surface area contributed by atoms with Gasteiger partial charge in [0, 0.05) is 19.3 Å². The van der Waals surface area contributed by atoms with Crippen molar-refractivity contribution in [2.75, 3.05) is 17.2 Å². The average Bonchev–Trinajstić information content (AvgIpc) is 2.70. The van der Waals surface area contributed by atoms with Crippen LogP contribution in [0.4, 0.5) is 5.82 Å². The van der Waals surface area contributed by atoms with E-state index < -0.39 is 0 Å². The van der Waals surface area contributed by atoms with Gasteiger partial charge in [-0.25, -0.2) is 9.78 Å². The maximum absolute atomic E-state index is 11.4. The Morgan fingerprint density at radius 2 is 2.29 bits per heavy atom. The molecule has 17 heavy (non-hydrogen) atoms. The number of aromatic nitrogens is 4. The predicted molar refractivity (Wildman–Crippen MR) is 70.2 cm³/mol. The molecule has 0 unspecified atom stereocenters. The molecule has 2 aromatic heterocycles. The number of nitrogens with two attached hydrogens (primary N) is 1. The number of fused-ring (bicyclic) bond motifs is 1. The van der Waals surface area contributed by atoms with Crippen molar-refractivity contribution >= 4 is 28.7 Å². The van der Waals surface area contributed by atoms with Gasteiger partial charge < -0.3 is 10.3 Å². The number of imidazole rings is 1. The highest BCUT2D eigenvalue weighted by atomic mass is 32.2. The van der Waals surface area contributed by atoms with Gasteiger partial charge in [-0.3, -0.25) is 4.57 Å². The van der Waals surface area contributed by atoms with E-state index in [1.807, 2.05) is 16.3 Å². The van der Waals surface area contributed by atoms with E-state index in [1.54, 1.807) is 13.4 Å². The Hall–Kier alpha value is -1.50. The van der Waals surface area contributed by atoms with Gasteiger partial charge in [-0.15, -0.1) is 0 Å². The standard InChI is InChI=1S/C10H15N5OS/c1-3-17-5-4-15-6-12-9-7(15)8(11)14(2)10(16)13-9/h6H,3-5,11H2,1-2H3. The Morgan fingerprint density at radius 3 is 3.00 bits per heavy atom. The average molecular weight is 253 g/mol. The Balaban J connectivity index is 2.45. The van der Waals surface area contributed by atoms with Crippen molar-refractivity contribution in [2.24, 2.45) is 7.05 Å². The number of hydrogen-bond donors (Lipinski definition) is 1. The Morgan fingerprint density at radius 1 is 1.53 bits per heavy atom. The van der Waals surface area contributed by atoms with E-state index in [0.29, 0.717) is 11.5 Å². The number of nitrogens with zero attached hydrogens (tertiary/aromatic N) is 4. The van der Waals surface area contributed by atoms with Crippen LogP contribution in [0.3, 0.4) is 0 Å². The van der Waals surface area contributed by atoms with Crippen LogP contribution in [0.5, 0.6) is 0 Å². The Kier molecular flexibility index (Phi) is 3.37. The second-order valence-corrected chi connectivity index (χ2v) is 5.04. The summed E-state index contributed by atoms with van der Waals surface area (Å²) >= 11 is 1.85. The van der Waals surface area contributed by atoms with Gasteiger partial charge in [0.1, 0.15) is 11.3 Å². The minimum atomic E-state index is -0.372. The zero-order valence-electron chi connectivity index (χ0n) is 9.88. The van der Waals surface area contributed by atoms with Crippen LogP contribution in [-0.2, 0) is 13.6 Å². The third kappa shape index (κ3) is 2.14. The fourth-order valence-corrected chi connectivity index (χ4v) is 2.23. The molecule has 7 heteroatoms. The van der Waals surface area contributed by atoms with Crippen LogP contribution in [0.1, 0.15) is 6.92 Å². The molecule has 0 atom stereocenters. The molecule has 0 amide bonds. The van der Waals surface area contributed by atoms with Crippen LogP contribution in [0.15, 0.2) is 11.1 Å². The van der Waals surface area contributed by atoms with Crippen LogP contribution in [0.25, 0.3) is 11.2 Å². The van der Waals surface area contributed by atoms with Gasteiger partial charge in [0.25, 0.3) is 0 Å². The van der Waals surface area contributed by atoms with Gasteiger partial charge in [0.15, 0.2) is 5.65 Å². The lowest BCUT2D eigenvalue weighted by atomic mass is 10.4. The summed E-state index contributed by atoms with van der Waals surface area (Å²) in [7, 11) is 1.61. The van der Waals surface area contributed by atoms with Crippen molar-refractivity contribution in [1.82, 2.24) is 19.1 Å². The summed E-state index contributed by atoms with van der Waals surface area (Å²) < 4.78 is 3.28. The van der Waals surface area contributed by atoms with Crippen LogP contribution >= 0.6 is 11.8 Å². The molecule has 0 bridgehead atoms. The molecule has 2 heterocycles. The maximum Gasteiger partial charge on any atom is 0.351 e. The summed E-state index contributed by atoms with van der Waals surface area (Å²) in [5, 5.41) is 0. The molecule has 0 fully saturated rings. The number of thioether (sulfide) groups is 1. The molecule has 0 radical (unpaired) electrons. The zero-order valence-corrected chi connectivity index (χ0v) is 10.7. The van der Waals surface area contributed by atoms with E-state index >= 15 is 0 Å². The van der Waals surface area contributed by atoms with Gasteiger partial charge in [-0.2, -0.15) is 16.7 Å². The molecule has 92 valence electrons. The first-order valence-corrected chi connectivity index (χ1v) is 6.55. The van der Waals surface area contributed by atoms with E-state index in [1.165, 1.54) is 4.57 Å². The molecule has 0 aromatic carbocycles. The van der Waals surface area contributed by atoms with Crippen molar-refractivity contribution < 1.29 is 0 Å². The van der Waals surface area contributed by atoms with Gasteiger partial charge in [-0.05, 0) is 5.75 Å². The lowest BCUT2D eigenvalue weighted by molar-refractivity contribution is 0.783. The smallest absolute Gasteiger partial charge is 0.351 e. The van der Waals surface area contributed by atoms with Crippen LogP contribution in [0.2, 0.25) is 0 Å². The summed E-state index contributed by atoms with van der Waals surface area (Å²) in [5.41, 5.74) is 6.71. The lowest BCUT2D eigenvalue weighted by Gasteiger charge is -2.07. The fraction of sp³-hybridized carbons (Fsp3) is 0.500. The first-order valence-electron chi connectivity index (χ1n) is 5.40. The zero-order chi connectivity index (χ0) is 12.4. The van der Waals surface area contributed by atoms with E-state index in [-0.39, 0.29) is 5.69 Å². The fourth-order valence-electron chi connectivity index (χ4n) is 1.62. The van der Waals surface area contributed by atoms with Gasteiger partial charge in [0.05, 0.1) is 6.33 Å². The van der Waals surface area contributed by atoms with Crippen LogP contribution < -0.4 is 11.4 Å². The van der Waals surface area contributed by atoms with Gasteiger partial charge in [-0.1, -0.05) is 6.92 Å². The summed E-state index contributed by atoms with van der Waals surface area (Å²) in [5.74, 6) is 2.49. The molecule has 2 N–H and O–H groups in total. The summed E-state index contributed by atoms with van der Waals surface area (Å²) in [6.07, 6.45) is 1.68. The highest BCUT2D eigenvalue weighted by molar-refractivity contribution is 7.99. The second kappa shape index (κ2) is 4.79. The molecular formula is C10H15N5OS. The topological polar surface area (TPSA) is 78.7 Å². The molecule has 2 rings (SSSR count). The van der Waals surface area contributed by atoms with Gasteiger partial charge in [0.2, 0.25) is 0 Å². The van der Waals surface area contributed by atoms with Crippen LogP contribution in [-0.4, -0.2) is 30.6 Å². The van der Waals surface area contributed by atoms with Crippen molar-refractivity contribution in [3.05, 3.63) is 16.8 Å². The highest BCUT2D eigenvalue weighted by Gasteiger charge is 2.11. The Labute approximate surface area is 103 Å². The first-order chi connectivity index (χ1) is 8.15. The third-order valence-electron chi connectivity index (χ3n) is 2.59. The molecule has 2 aromatic rings. The number of hydrogen-bond acceptors (Lipinski definition) is 5. The monoisotopic (exact) mass is 253 g/mol. The maximum atomic E-state index is 11.4. The quantitative estimate of drug-likeness (QED) is 0.801. The largest absolute Gasteiger partial charge is 0.383 e. The predicted octanol–water partition coefficient (Wildman–Crippen LogP) is 0.465. The first kappa shape index (κ1) is 12.0. The normalized spacial score (nSPS) is 11.2. The van der Waals surface area contributed by atoms with Crippen molar-refractivity contribution in [1.29, 1.82) is 0 Å². The van der Waals surface area contributed by atoms with Crippen LogP contribution in [0, 0.1) is 0 Å². The minimum absolute atomic E-state index is 0.372.